The highest BCUT2D eigenvalue weighted by atomic mass is 19.4. The Morgan fingerprint density at radius 3 is 2.63 bits per heavy atom. The number of carbonyl (C=O) groups excluding carboxylic acids is 2. The number of fused-ring (bicyclic) bond motifs is 1. The number of hydrogen-bond donors (Lipinski definition) is 1. The number of carbonyl (C=O) groups is 2. The topological polar surface area (TPSA) is 67.9 Å². The van der Waals surface area contributed by atoms with Gasteiger partial charge in [0.05, 0.1) is 11.7 Å². The lowest BCUT2D eigenvalue weighted by molar-refractivity contribution is -0.137. The van der Waals surface area contributed by atoms with E-state index < -0.39 is 17.7 Å². The summed E-state index contributed by atoms with van der Waals surface area (Å²) in [5.41, 5.74) is 0.253. The van der Waals surface area contributed by atoms with Crippen molar-refractivity contribution in [3.63, 3.8) is 0 Å². The number of likely N-dealkylation sites (tertiary alicyclic amines) is 1. The van der Waals surface area contributed by atoms with Gasteiger partial charge in [0.1, 0.15) is 5.75 Å². The maximum absolute atomic E-state index is 13.0. The van der Waals surface area contributed by atoms with E-state index >= 15 is 0 Å². The molecule has 1 amide bonds. The third kappa shape index (κ3) is 6.27. The quantitative estimate of drug-likeness (QED) is 0.329. The first-order chi connectivity index (χ1) is 18.0. The van der Waals surface area contributed by atoms with Crippen LogP contribution in [0.25, 0.3) is 6.08 Å². The highest BCUT2D eigenvalue weighted by molar-refractivity contribution is 5.92. The van der Waals surface area contributed by atoms with Crippen molar-refractivity contribution < 1.29 is 32.2 Å². The maximum atomic E-state index is 13.0. The van der Waals surface area contributed by atoms with E-state index in [-0.39, 0.29) is 29.4 Å². The number of rotatable bonds is 6. The third-order valence-electron chi connectivity index (χ3n) is 7.69. The van der Waals surface area contributed by atoms with Crippen LogP contribution in [-0.2, 0) is 25.9 Å². The summed E-state index contributed by atoms with van der Waals surface area (Å²) >= 11 is 0. The Bertz CT molecular complexity index is 1200. The molecule has 204 valence electrons. The van der Waals surface area contributed by atoms with Crippen molar-refractivity contribution in [2.75, 3.05) is 27.2 Å². The zero-order chi connectivity index (χ0) is 27.5. The number of nitrogens with zero attached hydrogens (tertiary/aromatic N) is 1. The molecule has 1 heterocycles. The Morgan fingerprint density at radius 1 is 1.16 bits per heavy atom. The van der Waals surface area contributed by atoms with Crippen molar-refractivity contribution in [2.24, 2.45) is 5.92 Å². The molecule has 0 radical (unpaired) electrons. The second-order valence-electron chi connectivity index (χ2n) is 10.3. The molecule has 0 bridgehead atoms. The van der Waals surface area contributed by atoms with Gasteiger partial charge in [0.2, 0.25) is 5.91 Å². The number of piperidine rings is 1. The lowest BCUT2D eigenvalue weighted by Crippen LogP contribution is -2.60. The maximum Gasteiger partial charge on any atom is 0.416 e. The highest BCUT2D eigenvalue weighted by Gasteiger charge is 2.52. The highest BCUT2D eigenvalue weighted by Crippen LogP contribution is 2.50. The molecule has 2 aromatic rings. The smallest absolute Gasteiger partial charge is 0.416 e. The van der Waals surface area contributed by atoms with Crippen LogP contribution in [0.3, 0.4) is 0 Å². The summed E-state index contributed by atoms with van der Waals surface area (Å²) < 4.78 is 50.4. The van der Waals surface area contributed by atoms with E-state index in [0.717, 1.165) is 37.2 Å². The minimum absolute atomic E-state index is 0.123. The van der Waals surface area contributed by atoms with Crippen LogP contribution in [0, 0.1) is 5.92 Å². The van der Waals surface area contributed by atoms with Gasteiger partial charge in [0.25, 0.3) is 0 Å². The van der Waals surface area contributed by atoms with Crippen molar-refractivity contribution in [1.82, 2.24) is 10.2 Å². The number of alkyl halides is 3. The second-order valence-corrected chi connectivity index (χ2v) is 10.3. The number of benzene rings is 2. The van der Waals surface area contributed by atoms with E-state index in [9.17, 15) is 22.8 Å². The van der Waals surface area contributed by atoms with Crippen LogP contribution in [0.15, 0.2) is 54.6 Å². The van der Waals surface area contributed by atoms with Crippen LogP contribution < -0.4 is 10.1 Å². The lowest BCUT2D eigenvalue weighted by Gasteiger charge is -2.55. The van der Waals surface area contributed by atoms with E-state index in [1.54, 1.807) is 13.2 Å². The molecular weight excluding hydrogens is 497 g/mol. The monoisotopic (exact) mass is 530 g/mol. The first-order valence-electron chi connectivity index (χ1n) is 12.7. The largest absolute Gasteiger partial charge is 0.427 e. The van der Waals surface area contributed by atoms with Gasteiger partial charge in [-0.2, -0.15) is 13.2 Å². The zero-order valence-corrected chi connectivity index (χ0v) is 21.8. The average Bonchev–Trinajstić information content (AvgIpc) is 2.87. The average molecular weight is 531 g/mol. The molecule has 6 nitrogen and oxygen atoms in total. The van der Waals surface area contributed by atoms with Crippen LogP contribution in [0.4, 0.5) is 13.2 Å². The number of amides is 1. The number of nitrogens with one attached hydrogen (secondary N) is 1. The number of hydrogen-bond acceptors (Lipinski definition) is 5. The standard InChI is InChI=1S/C29H33F3N2O4/c1-19(35)38-24-9-5-7-21(15-24)28-12-13-34(2)18-25(28)26(37-3)16-23(17-28)33-27(36)11-10-20-6-4-8-22(14-20)29(30,31)32/h4-11,14-15,23,25-26H,12-13,16-18H2,1-3H3,(H,33,36)/b11-10+. The Labute approximate surface area is 220 Å². The summed E-state index contributed by atoms with van der Waals surface area (Å²) in [6, 6.07) is 12.2. The number of esters is 1. The molecule has 2 fully saturated rings. The molecule has 4 rings (SSSR count). The van der Waals surface area contributed by atoms with E-state index in [0.29, 0.717) is 24.2 Å². The summed E-state index contributed by atoms with van der Waals surface area (Å²) in [7, 11) is 3.76. The van der Waals surface area contributed by atoms with Gasteiger partial charge in [-0.15, -0.1) is 0 Å². The predicted octanol–water partition coefficient (Wildman–Crippen LogP) is 4.83. The van der Waals surface area contributed by atoms with Gasteiger partial charge in [-0.25, -0.2) is 0 Å². The van der Waals surface area contributed by atoms with E-state index in [1.165, 1.54) is 31.2 Å². The first kappa shape index (κ1) is 27.9. The van der Waals surface area contributed by atoms with Crippen molar-refractivity contribution >= 4 is 18.0 Å². The molecule has 2 aliphatic rings. The predicted molar refractivity (Wildman–Crippen MR) is 137 cm³/mol. The molecule has 0 aromatic heterocycles. The molecule has 0 spiro atoms. The third-order valence-corrected chi connectivity index (χ3v) is 7.69. The summed E-state index contributed by atoms with van der Waals surface area (Å²) in [6.07, 6.45) is 0.200. The second kappa shape index (κ2) is 11.3. The zero-order valence-electron chi connectivity index (χ0n) is 21.8. The van der Waals surface area contributed by atoms with Crippen molar-refractivity contribution in [3.05, 3.63) is 71.3 Å². The molecular formula is C29H33F3N2O4. The minimum atomic E-state index is -4.45. The summed E-state index contributed by atoms with van der Waals surface area (Å²) in [6.45, 7) is 3.05. The van der Waals surface area contributed by atoms with Gasteiger partial charge in [-0.1, -0.05) is 24.3 Å². The number of ether oxygens (including phenoxy) is 2. The molecule has 38 heavy (non-hydrogen) atoms. The Morgan fingerprint density at radius 2 is 1.92 bits per heavy atom. The van der Waals surface area contributed by atoms with E-state index in [4.69, 9.17) is 9.47 Å². The fourth-order valence-electron chi connectivity index (χ4n) is 5.99. The van der Waals surface area contributed by atoms with Gasteiger partial charge in [-0.05, 0) is 74.3 Å². The van der Waals surface area contributed by atoms with Gasteiger partial charge < -0.3 is 19.7 Å². The van der Waals surface area contributed by atoms with Crippen LogP contribution in [0.1, 0.15) is 42.9 Å². The molecule has 2 aromatic carbocycles. The minimum Gasteiger partial charge on any atom is -0.427 e. The molecule has 1 saturated heterocycles. The van der Waals surface area contributed by atoms with Crippen molar-refractivity contribution in [2.45, 2.75) is 49.9 Å². The van der Waals surface area contributed by atoms with Crippen molar-refractivity contribution in [3.8, 4) is 5.75 Å². The normalized spacial score (nSPS) is 26.1. The van der Waals surface area contributed by atoms with Gasteiger partial charge in [0.15, 0.2) is 0 Å². The van der Waals surface area contributed by atoms with Crippen LogP contribution in [0.5, 0.6) is 5.75 Å². The Hall–Kier alpha value is -3.17. The van der Waals surface area contributed by atoms with Crippen LogP contribution in [0.2, 0.25) is 0 Å². The molecule has 1 aliphatic carbocycles. The molecule has 4 atom stereocenters. The SMILES string of the molecule is COC1CC(NC(=O)/C=C/c2cccc(C(F)(F)F)c2)CC2(c3cccc(OC(C)=O)c3)CCN(C)CC12. The molecule has 1 saturated carbocycles. The van der Waals surface area contributed by atoms with E-state index in [1.807, 2.05) is 18.2 Å². The first-order valence-corrected chi connectivity index (χ1v) is 12.7. The number of methoxy groups -OCH3 is 1. The van der Waals surface area contributed by atoms with Crippen LogP contribution >= 0.6 is 0 Å². The fourth-order valence-corrected chi connectivity index (χ4v) is 5.99. The Kier molecular flexibility index (Phi) is 8.28. The van der Waals surface area contributed by atoms with Crippen molar-refractivity contribution in [1.29, 1.82) is 0 Å². The summed E-state index contributed by atoms with van der Waals surface area (Å²) in [5.74, 6) is -0.132. The molecule has 4 unspecified atom stereocenters. The Balaban J connectivity index is 1.57. The van der Waals surface area contributed by atoms with E-state index in [2.05, 4.69) is 17.3 Å². The molecule has 1 N–H and O–H groups in total. The fraction of sp³-hybridized carbons (Fsp3) is 0.448. The summed E-state index contributed by atoms with van der Waals surface area (Å²) in [4.78, 5) is 26.7. The van der Waals surface area contributed by atoms with Gasteiger partial charge >= 0.3 is 12.1 Å². The summed E-state index contributed by atoms with van der Waals surface area (Å²) in [5, 5.41) is 3.06. The number of halogens is 3. The van der Waals surface area contributed by atoms with Crippen LogP contribution in [-0.4, -0.2) is 56.2 Å². The molecule has 9 heteroatoms. The molecule has 1 aliphatic heterocycles. The van der Waals surface area contributed by atoms with Gasteiger partial charge in [0, 0.05) is 44.0 Å². The lowest BCUT2D eigenvalue weighted by atomic mass is 9.57. The van der Waals surface area contributed by atoms with Gasteiger partial charge in [-0.3, -0.25) is 9.59 Å².